The molecule has 0 heterocycles. The molecule has 9 nitrogen and oxygen atoms in total. The molecule has 0 atom stereocenters. The van der Waals surface area contributed by atoms with E-state index in [0.717, 1.165) is 0 Å². The van der Waals surface area contributed by atoms with E-state index < -0.39 is 31.5 Å². The molecule has 0 radical (unpaired) electrons. The van der Waals surface area contributed by atoms with Crippen molar-refractivity contribution in [2.75, 3.05) is 0 Å². The molecule has 0 saturated carbocycles. The van der Waals surface area contributed by atoms with Crippen LogP contribution < -0.4 is 23.2 Å². The van der Waals surface area contributed by atoms with Crippen molar-refractivity contribution >= 4 is 32.6 Å². The molecule has 0 saturated heterocycles. The minimum Gasteiger partial charge on any atom is -0.0582 e. The van der Waals surface area contributed by atoms with E-state index in [4.69, 9.17) is 26.0 Å². The van der Waals surface area contributed by atoms with Crippen molar-refractivity contribution in [1.82, 2.24) is 0 Å². The monoisotopic (exact) mass is 591 g/mol. The number of ether oxygens (including phenoxy) is 3. The van der Waals surface area contributed by atoms with Crippen LogP contribution in [0.15, 0.2) is 97.1 Å². The summed E-state index contributed by atoms with van der Waals surface area (Å²) < 4.78 is 29.6. The SMILES string of the molecule is [C-]#[N+]c1ccc(C(=O)Oc2ccc(OC(=O)CCC(=O)Oc3cc[c]([Co](=[O])[c]4ccc(C#N)cc4)cc3)cc2)cc1. The first-order chi connectivity index (χ1) is 19.8. The zero-order valence-electron chi connectivity index (χ0n) is 21.2. The van der Waals surface area contributed by atoms with Crippen molar-refractivity contribution in [1.29, 1.82) is 5.26 Å². The summed E-state index contributed by atoms with van der Waals surface area (Å²) in [6.45, 7) is 6.95. The van der Waals surface area contributed by atoms with Crippen molar-refractivity contribution in [3.05, 3.63) is 120 Å². The first-order valence-corrected chi connectivity index (χ1v) is 13.4. The molecule has 0 aromatic heterocycles. The van der Waals surface area contributed by atoms with E-state index in [1.54, 1.807) is 36.4 Å². The standard InChI is InChI=1S/C24H16NO6.C7H4N.Co.O/c1-25-18-9-7-17(8-10-18)24(28)31-21-13-11-20(12-14-21)30-23(27)16-15-22(26)29-19-5-3-2-4-6-19;8-6-7-4-2-1-3-5-7;;/h3-14H,15-16H2;2-5H;;. The first-order valence-electron chi connectivity index (χ1n) is 12.0. The Morgan fingerprint density at radius 2 is 1.12 bits per heavy atom. The Balaban J connectivity index is 1.21. The second-order valence-corrected chi connectivity index (χ2v) is 10.1. The third kappa shape index (κ3) is 8.04. The van der Waals surface area contributed by atoms with Gasteiger partial charge in [-0.15, -0.1) is 0 Å². The van der Waals surface area contributed by atoms with Gasteiger partial charge in [-0.05, 0) is 12.1 Å². The third-order valence-electron chi connectivity index (χ3n) is 5.37. The molecule has 10 heteroatoms. The van der Waals surface area contributed by atoms with Gasteiger partial charge >= 0.3 is 165 Å². The minimum atomic E-state index is -1.85. The van der Waals surface area contributed by atoms with E-state index in [2.05, 4.69) is 4.85 Å². The van der Waals surface area contributed by atoms with Crippen LogP contribution >= 0.6 is 0 Å². The zero-order valence-corrected chi connectivity index (χ0v) is 22.3. The van der Waals surface area contributed by atoms with Crippen LogP contribution in [0.1, 0.15) is 28.8 Å². The van der Waals surface area contributed by atoms with E-state index in [0.29, 0.717) is 20.2 Å². The average molecular weight is 591 g/mol. The Morgan fingerprint density at radius 3 is 1.59 bits per heavy atom. The molecule has 41 heavy (non-hydrogen) atoms. The molecular weight excluding hydrogens is 571 g/mol. The summed E-state index contributed by atoms with van der Waals surface area (Å²) >= 11 is -1.85. The van der Waals surface area contributed by atoms with E-state index in [1.165, 1.54) is 60.7 Å². The molecule has 4 aromatic rings. The Kier molecular flexibility index (Phi) is 9.47. The van der Waals surface area contributed by atoms with Crippen molar-refractivity contribution in [3.8, 4) is 23.3 Å². The zero-order chi connectivity index (χ0) is 29.2. The molecule has 0 unspecified atom stereocenters. The van der Waals surface area contributed by atoms with Crippen LogP contribution in [0.4, 0.5) is 5.69 Å². The van der Waals surface area contributed by atoms with Crippen LogP contribution in [0.25, 0.3) is 4.85 Å². The molecule has 0 bridgehead atoms. The molecule has 0 fully saturated rings. The number of rotatable bonds is 9. The molecule has 4 rings (SSSR count). The summed E-state index contributed by atoms with van der Waals surface area (Å²) in [5, 5.41) is 8.89. The summed E-state index contributed by atoms with van der Waals surface area (Å²) in [7, 11) is 0. The molecule has 0 N–H and O–H groups in total. The molecular formula is C31H20CoN2O7. The van der Waals surface area contributed by atoms with Crippen molar-refractivity contribution in [2.45, 2.75) is 12.8 Å². The van der Waals surface area contributed by atoms with Gasteiger partial charge in [0, 0.05) is 0 Å². The number of hydrogen-bond donors (Lipinski definition) is 0. The Morgan fingerprint density at radius 1 is 0.683 bits per heavy atom. The number of esters is 3. The van der Waals surface area contributed by atoms with E-state index >= 15 is 0 Å². The quantitative estimate of drug-likeness (QED) is 0.158. The van der Waals surface area contributed by atoms with Crippen LogP contribution in [0.3, 0.4) is 0 Å². The fourth-order valence-corrected chi connectivity index (χ4v) is 4.63. The minimum absolute atomic E-state index is 0.205. The van der Waals surface area contributed by atoms with Crippen LogP contribution in [0, 0.1) is 17.9 Å². The molecule has 205 valence electrons. The second-order valence-electron chi connectivity index (χ2n) is 8.21. The van der Waals surface area contributed by atoms with Crippen LogP contribution in [0.5, 0.6) is 17.2 Å². The van der Waals surface area contributed by atoms with Crippen molar-refractivity contribution in [3.63, 3.8) is 0 Å². The van der Waals surface area contributed by atoms with E-state index in [-0.39, 0.29) is 35.7 Å². The number of nitriles is 1. The van der Waals surface area contributed by atoms with Gasteiger partial charge in [-0.2, -0.15) is 0 Å². The molecule has 0 amide bonds. The third-order valence-corrected chi connectivity index (χ3v) is 7.16. The van der Waals surface area contributed by atoms with Crippen molar-refractivity contribution in [2.24, 2.45) is 0 Å². The second kappa shape index (κ2) is 13.6. The molecule has 0 aliphatic heterocycles. The van der Waals surface area contributed by atoms with Crippen molar-refractivity contribution < 1.29 is 46.0 Å². The topological polar surface area (TPSA) is 124 Å². The fourth-order valence-electron chi connectivity index (χ4n) is 3.31. The van der Waals surface area contributed by atoms with Gasteiger partial charge in [-0.1, -0.05) is 24.3 Å². The van der Waals surface area contributed by atoms with Crippen LogP contribution in [-0.2, 0) is 27.0 Å². The predicted octanol–water partition coefficient (Wildman–Crippen LogP) is 4.53. The van der Waals surface area contributed by atoms with E-state index in [1.807, 2.05) is 6.07 Å². The molecule has 0 aliphatic rings. The van der Waals surface area contributed by atoms with Crippen LogP contribution in [-0.4, -0.2) is 17.9 Å². The number of hydrogen-bond acceptors (Lipinski definition) is 8. The molecule has 0 spiro atoms. The summed E-state index contributed by atoms with van der Waals surface area (Å²) in [4.78, 5) is 39.9. The number of carbonyl (C=O) groups excluding carboxylic acids is 3. The van der Waals surface area contributed by atoms with Gasteiger partial charge in [-0.25, -0.2) is 9.64 Å². The fraction of sp³-hybridized carbons (Fsp3) is 0.0645. The van der Waals surface area contributed by atoms with E-state index in [9.17, 15) is 18.2 Å². The Hall–Kier alpha value is -5.42. The summed E-state index contributed by atoms with van der Waals surface area (Å²) in [6, 6.07) is 26.5. The number of nitrogens with zero attached hydrogens (tertiary/aromatic N) is 2. The number of carbonyl (C=O) groups is 3. The summed E-state index contributed by atoms with van der Waals surface area (Å²) in [5.74, 6) is -1.21. The van der Waals surface area contributed by atoms with Gasteiger partial charge in [0.15, 0.2) is 5.69 Å². The van der Waals surface area contributed by atoms with Gasteiger partial charge < -0.3 is 4.74 Å². The van der Waals surface area contributed by atoms with Gasteiger partial charge in [0.05, 0.1) is 12.1 Å². The summed E-state index contributed by atoms with van der Waals surface area (Å²) in [5.41, 5.74) is 1.17. The van der Waals surface area contributed by atoms with Gasteiger partial charge in [0.25, 0.3) is 0 Å². The Bertz CT molecular complexity index is 1670. The Labute approximate surface area is 239 Å². The average Bonchev–Trinajstić information content (AvgIpc) is 3.01. The molecule has 4 aromatic carbocycles. The van der Waals surface area contributed by atoms with Gasteiger partial charge in [-0.3, -0.25) is 0 Å². The normalized spacial score (nSPS) is 10.4. The maximum absolute atomic E-state index is 12.7. The van der Waals surface area contributed by atoms with Crippen LogP contribution in [0.2, 0.25) is 0 Å². The summed E-state index contributed by atoms with van der Waals surface area (Å²) in [6.07, 6.45) is -0.444. The maximum atomic E-state index is 12.7. The molecule has 0 aliphatic carbocycles. The first kappa shape index (κ1) is 28.6. The van der Waals surface area contributed by atoms with Gasteiger partial charge in [0.1, 0.15) is 5.75 Å². The predicted molar refractivity (Wildman–Crippen MR) is 142 cm³/mol. The smallest absolute Gasteiger partial charge is 0.0582 e. The number of benzene rings is 4. The van der Waals surface area contributed by atoms with Gasteiger partial charge in [0.2, 0.25) is 0 Å².